The van der Waals surface area contributed by atoms with Crippen molar-refractivity contribution in [2.24, 2.45) is 5.73 Å². The van der Waals surface area contributed by atoms with Gasteiger partial charge in [-0.05, 0) is 37.6 Å². The lowest BCUT2D eigenvalue weighted by Crippen LogP contribution is -2.15. The van der Waals surface area contributed by atoms with Crippen LogP contribution in [0.4, 0.5) is 14.5 Å². The Morgan fingerprint density at radius 3 is 2.57 bits per heavy atom. The van der Waals surface area contributed by atoms with Gasteiger partial charge in [0.25, 0.3) is 5.91 Å². The van der Waals surface area contributed by atoms with Crippen LogP contribution in [0.3, 0.4) is 0 Å². The smallest absolute Gasteiger partial charge is 0.387 e. The number of nitrogens with two attached hydrogens (primary N) is 1. The van der Waals surface area contributed by atoms with E-state index >= 15 is 0 Å². The predicted molar refractivity (Wildman–Crippen MR) is 83.3 cm³/mol. The highest BCUT2D eigenvalue weighted by Gasteiger charge is 2.20. The number of amides is 2. The monoisotopic (exact) mass is 340 g/mol. The van der Waals surface area contributed by atoms with Gasteiger partial charge in [0.05, 0.1) is 0 Å². The van der Waals surface area contributed by atoms with Crippen LogP contribution in [0, 0.1) is 13.8 Å². The largest absolute Gasteiger partial charge is 0.433 e. The topological polar surface area (TPSA) is 81.4 Å². The summed E-state index contributed by atoms with van der Waals surface area (Å²) >= 11 is 1.04. The fourth-order valence-electron chi connectivity index (χ4n) is 1.92. The number of ether oxygens (including phenoxy) is 1. The second-order valence-corrected chi connectivity index (χ2v) is 6.03. The van der Waals surface area contributed by atoms with Crippen molar-refractivity contribution in [1.82, 2.24) is 0 Å². The molecule has 2 rings (SSSR count). The van der Waals surface area contributed by atoms with Gasteiger partial charge >= 0.3 is 6.61 Å². The minimum atomic E-state index is -3.02. The predicted octanol–water partition coefficient (Wildman–Crippen LogP) is 3.32. The lowest BCUT2D eigenvalue weighted by molar-refractivity contribution is -0.0498. The van der Waals surface area contributed by atoms with E-state index in [0.717, 1.165) is 11.3 Å². The Morgan fingerprint density at radius 1 is 1.26 bits per heavy atom. The number of aryl methyl sites for hydroxylation is 2. The Bertz CT molecular complexity index is 759. The van der Waals surface area contributed by atoms with Crippen LogP contribution in [-0.4, -0.2) is 18.4 Å². The molecular formula is C15H14F2N2O3S. The molecule has 2 amide bonds. The van der Waals surface area contributed by atoms with Crippen molar-refractivity contribution in [2.75, 3.05) is 5.32 Å². The van der Waals surface area contributed by atoms with Gasteiger partial charge in [0.15, 0.2) is 0 Å². The molecule has 1 aromatic carbocycles. The first-order valence-electron chi connectivity index (χ1n) is 6.55. The maximum absolute atomic E-state index is 12.4. The van der Waals surface area contributed by atoms with Crippen molar-refractivity contribution < 1.29 is 23.1 Å². The van der Waals surface area contributed by atoms with Crippen LogP contribution in [0.25, 0.3) is 0 Å². The first-order chi connectivity index (χ1) is 10.8. The number of rotatable bonds is 5. The van der Waals surface area contributed by atoms with Crippen LogP contribution in [0.5, 0.6) is 5.75 Å². The average molecular weight is 340 g/mol. The van der Waals surface area contributed by atoms with Crippen molar-refractivity contribution in [1.29, 1.82) is 0 Å². The fourth-order valence-corrected chi connectivity index (χ4v) is 2.76. The molecule has 8 heteroatoms. The fraction of sp³-hybridized carbons (Fsp3) is 0.200. The van der Waals surface area contributed by atoms with Gasteiger partial charge in [-0.2, -0.15) is 8.78 Å². The number of anilines is 1. The van der Waals surface area contributed by atoms with Crippen LogP contribution in [0.1, 0.15) is 30.5 Å². The first kappa shape index (κ1) is 16.9. The summed E-state index contributed by atoms with van der Waals surface area (Å²) in [5.41, 5.74) is 6.51. The summed E-state index contributed by atoms with van der Waals surface area (Å²) in [7, 11) is 0. The molecule has 0 saturated heterocycles. The van der Waals surface area contributed by atoms with Crippen LogP contribution in [0.15, 0.2) is 24.3 Å². The molecule has 3 N–H and O–H groups in total. The van der Waals surface area contributed by atoms with Gasteiger partial charge in [-0.25, -0.2) is 0 Å². The molecule has 1 aromatic heterocycles. The number of carbonyl (C=O) groups is 2. The van der Waals surface area contributed by atoms with E-state index in [4.69, 9.17) is 5.73 Å². The van der Waals surface area contributed by atoms with Crippen molar-refractivity contribution >= 4 is 28.8 Å². The zero-order chi connectivity index (χ0) is 17.1. The molecule has 2 aromatic rings. The minimum Gasteiger partial charge on any atom is -0.433 e. The molecule has 23 heavy (non-hydrogen) atoms. The first-order valence-corrected chi connectivity index (χ1v) is 7.36. The van der Waals surface area contributed by atoms with Crippen molar-refractivity contribution in [3.63, 3.8) is 0 Å². The molecule has 0 radical (unpaired) electrons. The number of halogens is 2. The van der Waals surface area contributed by atoms with Crippen LogP contribution in [-0.2, 0) is 0 Å². The number of thiophene rings is 1. The summed E-state index contributed by atoms with van der Waals surface area (Å²) in [5.74, 6) is -1.40. The second kappa shape index (κ2) is 6.74. The molecule has 0 unspecified atom stereocenters. The Labute approximate surface area is 135 Å². The zero-order valence-electron chi connectivity index (χ0n) is 12.4. The summed E-state index contributed by atoms with van der Waals surface area (Å²) in [6.45, 7) is 0.394. The highest BCUT2D eigenvalue weighted by molar-refractivity contribution is 7.14. The molecule has 122 valence electrons. The average Bonchev–Trinajstić information content (AvgIpc) is 2.80. The van der Waals surface area contributed by atoms with Gasteiger partial charge in [-0.1, -0.05) is 6.07 Å². The number of hydrogen-bond donors (Lipinski definition) is 2. The van der Waals surface area contributed by atoms with Gasteiger partial charge in [0.1, 0.15) is 10.6 Å². The molecule has 0 fully saturated rings. The summed E-state index contributed by atoms with van der Waals surface area (Å²) in [6, 6.07) is 5.97. The van der Waals surface area contributed by atoms with E-state index in [1.54, 1.807) is 19.9 Å². The van der Waals surface area contributed by atoms with Crippen LogP contribution in [0.2, 0.25) is 0 Å². The summed E-state index contributed by atoms with van der Waals surface area (Å²) in [5, 5.41) is 2.59. The van der Waals surface area contributed by atoms with E-state index in [1.165, 1.54) is 18.2 Å². The van der Waals surface area contributed by atoms with Gasteiger partial charge in [-0.3, -0.25) is 9.59 Å². The SMILES string of the molecule is Cc1cc(OC(F)F)c(C(=O)Nc2cc(C(N)=O)ccc2C)s1. The number of benzene rings is 1. The molecule has 0 atom stereocenters. The molecule has 0 spiro atoms. The lowest BCUT2D eigenvalue weighted by Gasteiger charge is -2.10. The molecular weight excluding hydrogens is 326 g/mol. The Morgan fingerprint density at radius 2 is 1.96 bits per heavy atom. The van der Waals surface area contributed by atoms with E-state index in [1.807, 2.05) is 0 Å². The number of hydrogen-bond acceptors (Lipinski definition) is 4. The zero-order valence-corrected chi connectivity index (χ0v) is 13.2. The maximum Gasteiger partial charge on any atom is 0.387 e. The van der Waals surface area contributed by atoms with E-state index in [-0.39, 0.29) is 16.2 Å². The molecule has 5 nitrogen and oxygen atoms in total. The molecule has 0 aliphatic rings. The van der Waals surface area contributed by atoms with Crippen LogP contribution < -0.4 is 15.8 Å². The molecule has 1 heterocycles. The molecule has 0 aliphatic heterocycles. The van der Waals surface area contributed by atoms with Gasteiger partial charge in [0.2, 0.25) is 5.91 Å². The molecule has 0 aliphatic carbocycles. The minimum absolute atomic E-state index is 0.0340. The van der Waals surface area contributed by atoms with E-state index in [2.05, 4.69) is 10.1 Å². The van der Waals surface area contributed by atoms with E-state index in [0.29, 0.717) is 16.1 Å². The molecule has 0 saturated carbocycles. The van der Waals surface area contributed by atoms with E-state index < -0.39 is 18.4 Å². The lowest BCUT2D eigenvalue weighted by atomic mass is 10.1. The highest BCUT2D eigenvalue weighted by atomic mass is 32.1. The Hall–Kier alpha value is -2.48. The maximum atomic E-state index is 12.4. The number of primary amides is 1. The third-order valence-electron chi connectivity index (χ3n) is 3.01. The number of carbonyl (C=O) groups excluding carboxylic acids is 2. The number of alkyl halides is 2. The third kappa shape index (κ3) is 4.04. The summed E-state index contributed by atoms with van der Waals surface area (Å²) in [6.07, 6.45) is 0. The Kier molecular flexibility index (Phi) is 4.95. The van der Waals surface area contributed by atoms with Crippen LogP contribution >= 0.6 is 11.3 Å². The van der Waals surface area contributed by atoms with Gasteiger partial charge in [0, 0.05) is 16.1 Å². The van der Waals surface area contributed by atoms with E-state index in [9.17, 15) is 18.4 Å². The van der Waals surface area contributed by atoms with Gasteiger partial charge < -0.3 is 15.8 Å². The number of nitrogens with one attached hydrogen (secondary N) is 1. The van der Waals surface area contributed by atoms with Crippen molar-refractivity contribution in [3.8, 4) is 5.75 Å². The Balaban J connectivity index is 2.29. The quantitative estimate of drug-likeness (QED) is 0.876. The van der Waals surface area contributed by atoms with Crippen molar-refractivity contribution in [3.05, 3.63) is 45.1 Å². The standard InChI is InChI=1S/C15H14F2N2O3S/c1-7-3-4-9(13(18)20)6-10(7)19-14(21)12-11(22-15(16)17)5-8(2)23-12/h3-6,15H,1-2H3,(H2,18,20)(H,19,21). The summed E-state index contributed by atoms with van der Waals surface area (Å²) in [4.78, 5) is 24.2. The third-order valence-corrected chi connectivity index (χ3v) is 4.04. The normalized spacial score (nSPS) is 10.7. The summed E-state index contributed by atoms with van der Waals surface area (Å²) < 4.78 is 29.2. The van der Waals surface area contributed by atoms with Gasteiger partial charge in [-0.15, -0.1) is 11.3 Å². The second-order valence-electron chi connectivity index (χ2n) is 4.78. The highest BCUT2D eigenvalue weighted by Crippen LogP contribution is 2.31. The van der Waals surface area contributed by atoms with Crippen molar-refractivity contribution in [2.45, 2.75) is 20.5 Å². The molecule has 0 bridgehead atoms.